The van der Waals surface area contributed by atoms with E-state index in [-0.39, 0.29) is 0 Å². The van der Waals surface area contributed by atoms with Crippen LogP contribution in [0.4, 0.5) is 0 Å². The van der Waals surface area contributed by atoms with E-state index in [1.165, 1.54) is 0 Å². The van der Waals surface area contributed by atoms with Gasteiger partial charge in [-0.2, -0.15) is 5.10 Å². The van der Waals surface area contributed by atoms with Gasteiger partial charge in [-0.25, -0.2) is 4.98 Å². The Morgan fingerprint density at radius 2 is 2.35 bits per heavy atom. The van der Waals surface area contributed by atoms with Crippen LogP contribution in [0.2, 0.25) is 0 Å². The van der Waals surface area contributed by atoms with Gasteiger partial charge in [-0.3, -0.25) is 4.68 Å². The number of halogens is 1. The van der Waals surface area contributed by atoms with Crippen LogP contribution in [-0.2, 0) is 12.4 Å². The summed E-state index contributed by atoms with van der Waals surface area (Å²) in [4.78, 5) is 4.16. The number of aromatic nitrogens is 3. The maximum Gasteiger partial charge on any atom is 0.223 e. The predicted octanol–water partition coefficient (Wildman–Crippen LogP) is 3.22. The number of alkyl halides is 1. The zero-order chi connectivity index (χ0) is 12.1. The smallest absolute Gasteiger partial charge is 0.223 e. The molecule has 2 rings (SSSR count). The van der Waals surface area contributed by atoms with Crippen LogP contribution in [0.3, 0.4) is 0 Å². The second-order valence-corrected chi connectivity index (χ2v) is 3.91. The van der Waals surface area contributed by atoms with Gasteiger partial charge in [-0.1, -0.05) is 13.0 Å². The number of hydrogen-bond donors (Lipinski definition) is 0. The van der Waals surface area contributed by atoms with E-state index < -0.39 is 0 Å². The zero-order valence-electron chi connectivity index (χ0n) is 9.64. The van der Waals surface area contributed by atoms with E-state index in [1.807, 2.05) is 23.0 Å². The molecule has 0 N–H and O–H groups in total. The SMILES string of the molecule is CCCn1cc(Oc2ncccc2CCl)cn1. The highest BCUT2D eigenvalue weighted by atomic mass is 35.5. The van der Waals surface area contributed by atoms with Crippen LogP contribution in [0.15, 0.2) is 30.7 Å². The van der Waals surface area contributed by atoms with Gasteiger partial charge >= 0.3 is 0 Å². The Labute approximate surface area is 105 Å². The Morgan fingerprint density at radius 3 is 3.12 bits per heavy atom. The summed E-state index contributed by atoms with van der Waals surface area (Å²) in [6.07, 6.45) is 6.26. The van der Waals surface area contributed by atoms with Gasteiger partial charge in [0.2, 0.25) is 5.88 Å². The summed E-state index contributed by atoms with van der Waals surface area (Å²) < 4.78 is 7.49. The van der Waals surface area contributed by atoms with Crippen molar-refractivity contribution >= 4 is 11.6 Å². The lowest BCUT2D eigenvalue weighted by Crippen LogP contribution is -1.95. The molecule has 5 heteroatoms. The lowest BCUT2D eigenvalue weighted by molar-refractivity contribution is 0.457. The summed E-state index contributed by atoms with van der Waals surface area (Å²) in [5.41, 5.74) is 0.873. The van der Waals surface area contributed by atoms with Gasteiger partial charge < -0.3 is 4.74 Å². The topological polar surface area (TPSA) is 39.9 Å². The van der Waals surface area contributed by atoms with Gasteiger partial charge in [0.25, 0.3) is 0 Å². The molecule has 0 saturated carbocycles. The van der Waals surface area contributed by atoms with Crippen LogP contribution in [-0.4, -0.2) is 14.8 Å². The fourth-order valence-electron chi connectivity index (χ4n) is 1.48. The molecule has 0 unspecified atom stereocenters. The third-order valence-electron chi connectivity index (χ3n) is 2.27. The molecular weight excluding hydrogens is 238 g/mol. The number of nitrogens with zero attached hydrogens (tertiary/aromatic N) is 3. The minimum atomic E-state index is 0.381. The van der Waals surface area contributed by atoms with E-state index in [0.29, 0.717) is 17.5 Å². The van der Waals surface area contributed by atoms with Crippen molar-refractivity contribution in [1.82, 2.24) is 14.8 Å². The molecule has 4 nitrogen and oxygen atoms in total. The molecule has 0 aliphatic carbocycles. The van der Waals surface area contributed by atoms with E-state index >= 15 is 0 Å². The highest BCUT2D eigenvalue weighted by molar-refractivity contribution is 6.17. The van der Waals surface area contributed by atoms with Gasteiger partial charge in [-0.15, -0.1) is 11.6 Å². The average Bonchev–Trinajstić information content (AvgIpc) is 2.78. The molecule has 0 spiro atoms. The van der Waals surface area contributed by atoms with Crippen molar-refractivity contribution in [2.75, 3.05) is 0 Å². The zero-order valence-corrected chi connectivity index (χ0v) is 10.4. The van der Waals surface area contributed by atoms with Crippen molar-refractivity contribution in [3.8, 4) is 11.6 Å². The van der Waals surface area contributed by atoms with Crippen molar-refractivity contribution < 1.29 is 4.74 Å². The molecule has 17 heavy (non-hydrogen) atoms. The lowest BCUT2D eigenvalue weighted by Gasteiger charge is -2.05. The summed E-state index contributed by atoms with van der Waals surface area (Å²) in [6, 6.07) is 3.73. The van der Waals surface area contributed by atoms with E-state index in [0.717, 1.165) is 18.5 Å². The molecule has 0 aliphatic heterocycles. The number of rotatable bonds is 5. The number of hydrogen-bond acceptors (Lipinski definition) is 3. The number of aryl methyl sites for hydroxylation is 1. The van der Waals surface area contributed by atoms with E-state index in [1.54, 1.807) is 12.4 Å². The molecule has 0 saturated heterocycles. The Kier molecular flexibility index (Phi) is 3.98. The third-order valence-corrected chi connectivity index (χ3v) is 2.56. The van der Waals surface area contributed by atoms with E-state index in [9.17, 15) is 0 Å². The first-order chi connectivity index (χ1) is 8.33. The highest BCUT2D eigenvalue weighted by Crippen LogP contribution is 2.23. The second-order valence-electron chi connectivity index (χ2n) is 3.64. The molecule has 0 atom stereocenters. The normalized spacial score (nSPS) is 10.5. The fourth-order valence-corrected chi connectivity index (χ4v) is 1.68. The molecule has 90 valence electrons. The van der Waals surface area contributed by atoms with Crippen LogP contribution < -0.4 is 4.74 Å². The quantitative estimate of drug-likeness (QED) is 0.766. The molecule has 0 aromatic carbocycles. The Morgan fingerprint density at radius 1 is 1.47 bits per heavy atom. The molecule has 0 bridgehead atoms. The molecule has 2 aromatic rings. The molecule has 0 radical (unpaired) electrons. The minimum absolute atomic E-state index is 0.381. The third kappa shape index (κ3) is 2.97. The molecule has 0 aliphatic rings. The van der Waals surface area contributed by atoms with Gasteiger partial charge in [0.05, 0.1) is 18.3 Å². The summed E-state index contributed by atoms with van der Waals surface area (Å²) in [7, 11) is 0. The average molecular weight is 252 g/mol. The molecular formula is C12H14ClN3O. The summed E-state index contributed by atoms with van der Waals surface area (Å²) in [5, 5.41) is 4.19. The van der Waals surface area contributed by atoms with Gasteiger partial charge in [0.15, 0.2) is 5.75 Å². The van der Waals surface area contributed by atoms with Crippen molar-refractivity contribution in [3.63, 3.8) is 0 Å². The maximum atomic E-state index is 5.81. The number of pyridine rings is 1. The Hall–Kier alpha value is -1.55. The molecule has 2 aromatic heterocycles. The first-order valence-corrected chi connectivity index (χ1v) is 6.07. The predicted molar refractivity (Wildman–Crippen MR) is 66.4 cm³/mol. The molecule has 2 heterocycles. The first kappa shape index (κ1) is 11.9. The standard InChI is InChI=1S/C12H14ClN3O/c1-2-6-16-9-11(8-15-16)17-12-10(7-13)4-3-5-14-12/h3-5,8-9H,2,6-7H2,1H3. The monoisotopic (exact) mass is 251 g/mol. The molecule has 0 amide bonds. The Balaban J connectivity index is 2.13. The van der Waals surface area contributed by atoms with E-state index in [2.05, 4.69) is 17.0 Å². The van der Waals surface area contributed by atoms with Crippen LogP contribution in [0, 0.1) is 0 Å². The van der Waals surface area contributed by atoms with Crippen LogP contribution >= 0.6 is 11.6 Å². The summed E-state index contributed by atoms with van der Waals surface area (Å²) >= 11 is 5.81. The summed E-state index contributed by atoms with van der Waals surface area (Å²) in [5.74, 6) is 1.61. The van der Waals surface area contributed by atoms with Gasteiger partial charge in [0.1, 0.15) is 0 Å². The Bertz CT molecular complexity index is 484. The highest BCUT2D eigenvalue weighted by Gasteiger charge is 2.06. The van der Waals surface area contributed by atoms with Gasteiger partial charge in [-0.05, 0) is 12.5 Å². The van der Waals surface area contributed by atoms with Crippen molar-refractivity contribution in [3.05, 3.63) is 36.3 Å². The summed E-state index contributed by atoms with van der Waals surface area (Å²) in [6.45, 7) is 2.99. The maximum absolute atomic E-state index is 5.81. The second kappa shape index (κ2) is 5.68. The molecule has 0 fully saturated rings. The number of ether oxygens (including phenoxy) is 1. The lowest BCUT2D eigenvalue weighted by atomic mass is 10.3. The largest absolute Gasteiger partial charge is 0.435 e. The first-order valence-electron chi connectivity index (χ1n) is 5.53. The van der Waals surface area contributed by atoms with Crippen molar-refractivity contribution in [2.45, 2.75) is 25.8 Å². The van der Waals surface area contributed by atoms with E-state index in [4.69, 9.17) is 16.3 Å². The minimum Gasteiger partial charge on any atom is -0.435 e. The van der Waals surface area contributed by atoms with Crippen LogP contribution in [0.5, 0.6) is 11.6 Å². The van der Waals surface area contributed by atoms with Crippen molar-refractivity contribution in [1.29, 1.82) is 0 Å². The van der Waals surface area contributed by atoms with Gasteiger partial charge in [0, 0.05) is 18.3 Å². The van der Waals surface area contributed by atoms with Crippen LogP contribution in [0.25, 0.3) is 0 Å². The fraction of sp³-hybridized carbons (Fsp3) is 0.333. The van der Waals surface area contributed by atoms with Crippen molar-refractivity contribution in [2.24, 2.45) is 0 Å². The van der Waals surface area contributed by atoms with Crippen LogP contribution in [0.1, 0.15) is 18.9 Å².